The van der Waals surface area contributed by atoms with Gasteiger partial charge in [-0.15, -0.1) is 0 Å². The summed E-state index contributed by atoms with van der Waals surface area (Å²) in [7, 11) is 0. The molecule has 12 heteroatoms. The van der Waals surface area contributed by atoms with Gasteiger partial charge in [0.2, 0.25) is 0 Å². The van der Waals surface area contributed by atoms with Gasteiger partial charge in [-0.05, 0) is 23.8 Å². The monoisotopic (exact) mass is 458 g/mol. The van der Waals surface area contributed by atoms with E-state index in [4.69, 9.17) is 24.1 Å². The van der Waals surface area contributed by atoms with E-state index in [1.807, 2.05) is 0 Å². The third-order valence-electron chi connectivity index (χ3n) is 4.37. The van der Waals surface area contributed by atoms with Crippen molar-refractivity contribution in [2.24, 2.45) is 0 Å². The predicted molar refractivity (Wildman–Crippen MR) is 105 cm³/mol. The number of esters is 2. The summed E-state index contributed by atoms with van der Waals surface area (Å²) < 4.78 is 19.9. The standard InChI is InChI=1S/C20H26O12/c1-10(22)31-14-4-2-11(6-13(14)24)3-5-16(25)29-8-12(23)9-30-20-19(28)18(27)17(26)15(7-21)32-20/h2-6,12,15,17-21,23-24,26-28H,7-9H2,1H3/b5-3+/t12?,15-,17-,18+,19-,20-/m1/s1. The minimum atomic E-state index is -1.62. The van der Waals surface area contributed by atoms with Crippen molar-refractivity contribution in [3.8, 4) is 11.5 Å². The summed E-state index contributed by atoms with van der Waals surface area (Å²) in [6.07, 6.45) is -6.26. The zero-order valence-electron chi connectivity index (χ0n) is 17.1. The van der Waals surface area contributed by atoms with Crippen LogP contribution in [0.25, 0.3) is 6.08 Å². The first kappa shape index (κ1) is 25.7. The summed E-state index contributed by atoms with van der Waals surface area (Å²) in [5, 5.41) is 58.0. The molecule has 0 aromatic heterocycles. The van der Waals surface area contributed by atoms with Gasteiger partial charge in [0, 0.05) is 13.0 Å². The van der Waals surface area contributed by atoms with Crippen LogP contribution in [0.5, 0.6) is 11.5 Å². The number of aliphatic hydroxyl groups is 5. The van der Waals surface area contributed by atoms with Crippen molar-refractivity contribution in [2.75, 3.05) is 19.8 Å². The summed E-state index contributed by atoms with van der Waals surface area (Å²) in [5.74, 6) is -1.72. The number of carbonyl (C=O) groups excluding carboxylic acids is 2. The molecule has 6 atom stereocenters. The molecule has 1 aromatic carbocycles. The maximum atomic E-state index is 11.8. The van der Waals surface area contributed by atoms with Crippen LogP contribution in [0.3, 0.4) is 0 Å². The summed E-state index contributed by atoms with van der Waals surface area (Å²) in [4.78, 5) is 22.7. The fourth-order valence-electron chi connectivity index (χ4n) is 2.73. The van der Waals surface area contributed by atoms with Crippen LogP contribution < -0.4 is 4.74 Å². The van der Waals surface area contributed by atoms with E-state index in [1.165, 1.54) is 31.2 Å². The maximum Gasteiger partial charge on any atom is 0.330 e. The number of phenols is 1. The third kappa shape index (κ3) is 7.24. The van der Waals surface area contributed by atoms with Crippen LogP contribution >= 0.6 is 0 Å². The van der Waals surface area contributed by atoms with Gasteiger partial charge in [-0.1, -0.05) is 6.07 Å². The van der Waals surface area contributed by atoms with Gasteiger partial charge in [0.15, 0.2) is 17.8 Å². The average Bonchev–Trinajstić information content (AvgIpc) is 2.75. The van der Waals surface area contributed by atoms with Crippen LogP contribution in [0.4, 0.5) is 0 Å². The van der Waals surface area contributed by atoms with E-state index in [0.29, 0.717) is 5.56 Å². The van der Waals surface area contributed by atoms with Gasteiger partial charge in [0.25, 0.3) is 0 Å². The first-order chi connectivity index (χ1) is 15.1. The zero-order valence-corrected chi connectivity index (χ0v) is 17.1. The number of phenolic OH excluding ortho intramolecular Hbond substituents is 1. The second-order valence-corrected chi connectivity index (χ2v) is 6.97. The van der Waals surface area contributed by atoms with Crippen LogP contribution in [0.2, 0.25) is 0 Å². The van der Waals surface area contributed by atoms with E-state index >= 15 is 0 Å². The molecule has 1 unspecified atom stereocenters. The highest BCUT2D eigenvalue weighted by atomic mass is 16.7. The molecule has 32 heavy (non-hydrogen) atoms. The Morgan fingerprint density at radius 1 is 1.16 bits per heavy atom. The Kier molecular flexibility index (Phi) is 9.53. The molecule has 12 nitrogen and oxygen atoms in total. The lowest BCUT2D eigenvalue weighted by atomic mass is 9.99. The largest absolute Gasteiger partial charge is 0.504 e. The van der Waals surface area contributed by atoms with Crippen molar-refractivity contribution in [1.82, 2.24) is 0 Å². The number of aliphatic hydroxyl groups excluding tert-OH is 5. The zero-order chi connectivity index (χ0) is 23.8. The van der Waals surface area contributed by atoms with Crippen LogP contribution in [-0.2, 0) is 23.8 Å². The molecule has 0 spiro atoms. The lowest BCUT2D eigenvalue weighted by molar-refractivity contribution is -0.304. The molecule has 1 fully saturated rings. The van der Waals surface area contributed by atoms with Crippen molar-refractivity contribution in [1.29, 1.82) is 0 Å². The highest BCUT2D eigenvalue weighted by Gasteiger charge is 2.44. The van der Waals surface area contributed by atoms with E-state index in [0.717, 1.165) is 6.08 Å². The summed E-state index contributed by atoms with van der Waals surface area (Å²) in [5.41, 5.74) is 0.418. The lowest BCUT2D eigenvalue weighted by Gasteiger charge is -2.39. The molecule has 1 heterocycles. The Hall–Kier alpha value is -2.58. The Balaban J connectivity index is 1.78. The van der Waals surface area contributed by atoms with Crippen molar-refractivity contribution < 1.29 is 59.2 Å². The van der Waals surface area contributed by atoms with Crippen molar-refractivity contribution in [3.05, 3.63) is 29.8 Å². The molecule has 1 aliphatic rings. The third-order valence-corrected chi connectivity index (χ3v) is 4.37. The first-order valence-electron chi connectivity index (χ1n) is 9.58. The fourth-order valence-corrected chi connectivity index (χ4v) is 2.73. The molecule has 0 aliphatic carbocycles. The minimum absolute atomic E-state index is 0.0280. The Bertz CT molecular complexity index is 808. The molecule has 1 saturated heterocycles. The first-order valence-corrected chi connectivity index (χ1v) is 9.58. The van der Waals surface area contributed by atoms with Gasteiger partial charge in [-0.3, -0.25) is 4.79 Å². The number of hydrogen-bond acceptors (Lipinski definition) is 12. The fraction of sp³-hybridized carbons (Fsp3) is 0.500. The quantitative estimate of drug-likeness (QED) is 0.136. The molecule has 0 radical (unpaired) electrons. The van der Waals surface area contributed by atoms with Crippen LogP contribution in [0.1, 0.15) is 12.5 Å². The molecular formula is C20H26O12. The van der Waals surface area contributed by atoms with E-state index in [2.05, 4.69) is 0 Å². The predicted octanol–water partition coefficient (Wildman–Crippen LogP) is -1.95. The Labute approximate surface area is 182 Å². The van der Waals surface area contributed by atoms with E-state index in [9.17, 15) is 35.1 Å². The second-order valence-electron chi connectivity index (χ2n) is 6.97. The molecule has 0 saturated carbocycles. The maximum absolute atomic E-state index is 11.8. The van der Waals surface area contributed by atoms with Gasteiger partial charge in [-0.25, -0.2) is 4.79 Å². The van der Waals surface area contributed by atoms with Gasteiger partial charge in [0.05, 0.1) is 13.2 Å². The normalized spacial score (nSPS) is 26.6. The smallest absolute Gasteiger partial charge is 0.330 e. The Morgan fingerprint density at radius 3 is 2.50 bits per heavy atom. The number of rotatable bonds is 9. The molecule has 0 bridgehead atoms. The number of benzene rings is 1. The highest BCUT2D eigenvalue weighted by molar-refractivity contribution is 5.87. The number of aromatic hydroxyl groups is 1. The molecule has 178 valence electrons. The van der Waals surface area contributed by atoms with Crippen molar-refractivity contribution in [3.63, 3.8) is 0 Å². The van der Waals surface area contributed by atoms with Gasteiger partial charge in [-0.2, -0.15) is 0 Å². The molecule has 1 aliphatic heterocycles. The second kappa shape index (κ2) is 11.9. The molecule has 1 aromatic rings. The van der Waals surface area contributed by atoms with Crippen LogP contribution in [0.15, 0.2) is 24.3 Å². The van der Waals surface area contributed by atoms with Crippen molar-refractivity contribution in [2.45, 2.75) is 43.7 Å². The van der Waals surface area contributed by atoms with E-state index in [1.54, 1.807) is 0 Å². The average molecular weight is 458 g/mol. The van der Waals surface area contributed by atoms with Gasteiger partial charge < -0.3 is 49.6 Å². The van der Waals surface area contributed by atoms with Gasteiger partial charge >= 0.3 is 11.9 Å². The lowest BCUT2D eigenvalue weighted by Crippen LogP contribution is -2.59. The van der Waals surface area contributed by atoms with Gasteiger partial charge in [0.1, 0.15) is 37.1 Å². The molecular weight excluding hydrogens is 432 g/mol. The van der Waals surface area contributed by atoms with E-state index in [-0.39, 0.29) is 11.5 Å². The molecule has 2 rings (SSSR count). The topological polar surface area (TPSA) is 192 Å². The van der Waals surface area contributed by atoms with E-state index < -0.39 is 68.6 Å². The highest BCUT2D eigenvalue weighted by Crippen LogP contribution is 2.27. The number of hydrogen-bond donors (Lipinski definition) is 6. The number of carbonyl (C=O) groups is 2. The Morgan fingerprint density at radius 2 is 1.88 bits per heavy atom. The van der Waals surface area contributed by atoms with Crippen LogP contribution in [0, 0.1) is 0 Å². The molecule has 0 amide bonds. The summed E-state index contributed by atoms with van der Waals surface area (Å²) in [6, 6.07) is 4.11. The summed E-state index contributed by atoms with van der Waals surface area (Å²) >= 11 is 0. The summed E-state index contributed by atoms with van der Waals surface area (Å²) in [6.45, 7) is -0.337. The van der Waals surface area contributed by atoms with Crippen molar-refractivity contribution >= 4 is 18.0 Å². The SMILES string of the molecule is CC(=O)Oc1ccc(/C=C/C(=O)OCC(O)CO[C@@H]2O[C@H](CO)[C@@H](O)[C@H](O)[C@H]2O)cc1O. The molecule has 6 N–H and O–H groups in total. The number of ether oxygens (including phenoxy) is 4. The van der Waals surface area contributed by atoms with Crippen LogP contribution in [-0.4, -0.2) is 99.2 Å². The minimum Gasteiger partial charge on any atom is -0.504 e.